The number of fused-ring (bicyclic) bond motifs is 2. The topological polar surface area (TPSA) is 41.6 Å². The van der Waals surface area contributed by atoms with Gasteiger partial charge in [0.1, 0.15) is 11.9 Å². The predicted octanol–water partition coefficient (Wildman–Crippen LogP) is 5.98. The molecular formula is C30H36N2O2. The van der Waals surface area contributed by atoms with Crippen LogP contribution in [0.15, 0.2) is 48.5 Å². The zero-order valence-electron chi connectivity index (χ0n) is 20.3. The van der Waals surface area contributed by atoms with Crippen LogP contribution in [-0.4, -0.2) is 37.0 Å². The Morgan fingerprint density at radius 2 is 1.74 bits per heavy atom. The first-order valence-electron chi connectivity index (χ1n) is 13.4. The minimum absolute atomic E-state index is 0.0868. The third-order valence-electron chi connectivity index (χ3n) is 10.3. The molecule has 34 heavy (non-hydrogen) atoms. The Labute approximate surface area is 203 Å². The van der Waals surface area contributed by atoms with E-state index < -0.39 is 0 Å². The first kappa shape index (κ1) is 21.0. The molecule has 5 atom stereocenters. The van der Waals surface area contributed by atoms with Crippen LogP contribution in [-0.2, 0) is 4.79 Å². The van der Waals surface area contributed by atoms with Gasteiger partial charge in [0.2, 0.25) is 5.91 Å². The molecule has 2 aromatic rings. The highest BCUT2D eigenvalue weighted by Gasteiger charge is 2.76. The Hall–Kier alpha value is -2.33. The largest absolute Gasteiger partial charge is 0.490 e. The number of hydrogen-bond donors (Lipinski definition) is 1. The van der Waals surface area contributed by atoms with E-state index in [-0.39, 0.29) is 5.41 Å². The van der Waals surface area contributed by atoms with Gasteiger partial charge in [-0.15, -0.1) is 0 Å². The fourth-order valence-corrected chi connectivity index (χ4v) is 8.84. The number of anilines is 1. The SMILES string of the molecule is CN1CCC(Oc2ccc(-c3cccc(NC(=O)C45CC6CC7CC(C4)C5(C7)C6)c3)cc2)CC1. The first-order chi connectivity index (χ1) is 16.5. The molecule has 5 aliphatic rings. The van der Waals surface area contributed by atoms with Gasteiger partial charge in [0, 0.05) is 18.8 Å². The Morgan fingerprint density at radius 1 is 0.941 bits per heavy atom. The number of benzene rings is 2. The molecule has 1 heterocycles. The number of nitrogens with zero attached hydrogens (tertiary/aromatic N) is 1. The van der Waals surface area contributed by atoms with Gasteiger partial charge in [-0.05, 0) is 117 Å². The molecular weight excluding hydrogens is 420 g/mol. The number of rotatable bonds is 5. The summed E-state index contributed by atoms with van der Waals surface area (Å²) in [4.78, 5) is 16.0. The molecule has 5 unspecified atom stereocenters. The van der Waals surface area contributed by atoms with Gasteiger partial charge >= 0.3 is 0 Å². The molecule has 4 heteroatoms. The molecule has 1 amide bonds. The standard InChI is InChI=1S/C30H36N2O2/c1-32-11-9-27(10-12-32)34-26-7-5-22(6-8-26)23-3-2-4-25(15-23)31-28(33)30-18-21-13-20-14-24(19-30)29(30,16-20)17-21/h2-8,15,20-21,24,27H,9-14,16-19H2,1H3,(H,31,33). The van der Waals surface area contributed by atoms with Crippen LogP contribution >= 0.6 is 0 Å². The molecule has 1 spiro atoms. The lowest BCUT2D eigenvalue weighted by Gasteiger charge is -2.57. The quantitative estimate of drug-likeness (QED) is 0.602. The van der Waals surface area contributed by atoms with Gasteiger partial charge < -0.3 is 15.0 Å². The summed E-state index contributed by atoms with van der Waals surface area (Å²) in [7, 11) is 2.17. The molecule has 4 aliphatic carbocycles. The first-order valence-corrected chi connectivity index (χ1v) is 13.4. The van der Waals surface area contributed by atoms with Gasteiger partial charge in [0.15, 0.2) is 0 Å². The van der Waals surface area contributed by atoms with Gasteiger partial charge in [-0.25, -0.2) is 0 Å². The lowest BCUT2D eigenvalue weighted by Crippen LogP contribution is -2.58. The van der Waals surface area contributed by atoms with Crippen molar-refractivity contribution in [3.8, 4) is 16.9 Å². The molecule has 4 saturated carbocycles. The number of amides is 1. The average molecular weight is 457 g/mol. The fraction of sp³-hybridized carbons (Fsp3) is 0.567. The van der Waals surface area contributed by atoms with E-state index in [9.17, 15) is 4.79 Å². The molecule has 7 rings (SSSR count). The zero-order valence-corrected chi connectivity index (χ0v) is 20.3. The van der Waals surface area contributed by atoms with Crippen molar-refractivity contribution in [2.45, 2.75) is 57.5 Å². The van der Waals surface area contributed by atoms with Gasteiger partial charge in [-0.3, -0.25) is 4.79 Å². The zero-order chi connectivity index (χ0) is 22.9. The normalized spacial score (nSPS) is 36.2. The van der Waals surface area contributed by atoms with E-state index in [1.165, 1.54) is 25.7 Å². The third kappa shape index (κ3) is 3.10. The van der Waals surface area contributed by atoms with E-state index >= 15 is 0 Å². The smallest absolute Gasteiger partial charge is 0.231 e. The maximum absolute atomic E-state index is 13.7. The van der Waals surface area contributed by atoms with Gasteiger partial charge in [-0.1, -0.05) is 24.3 Å². The second kappa shape index (κ2) is 7.58. The lowest BCUT2D eigenvalue weighted by molar-refractivity contribution is -0.154. The third-order valence-corrected chi connectivity index (χ3v) is 10.3. The summed E-state index contributed by atoms with van der Waals surface area (Å²) in [6, 6.07) is 16.8. The molecule has 5 fully saturated rings. The van der Waals surface area contributed by atoms with Crippen LogP contribution in [0, 0.1) is 28.6 Å². The predicted molar refractivity (Wildman–Crippen MR) is 135 cm³/mol. The van der Waals surface area contributed by atoms with E-state index in [1.807, 2.05) is 6.07 Å². The van der Waals surface area contributed by atoms with Crippen LogP contribution in [0.2, 0.25) is 0 Å². The molecule has 4 nitrogen and oxygen atoms in total. The summed E-state index contributed by atoms with van der Waals surface area (Å²) in [5, 5.41) is 3.36. The maximum Gasteiger partial charge on any atom is 0.231 e. The highest BCUT2D eigenvalue weighted by atomic mass is 16.5. The Kier molecular flexibility index (Phi) is 4.68. The van der Waals surface area contributed by atoms with Gasteiger partial charge in [0.25, 0.3) is 0 Å². The Balaban J connectivity index is 1.05. The van der Waals surface area contributed by atoms with Crippen molar-refractivity contribution in [1.82, 2.24) is 4.90 Å². The van der Waals surface area contributed by atoms with Crippen LogP contribution in [0.4, 0.5) is 5.69 Å². The van der Waals surface area contributed by atoms with Crippen molar-refractivity contribution >= 4 is 11.6 Å². The van der Waals surface area contributed by atoms with Gasteiger partial charge in [-0.2, -0.15) is 0 Å². The highest BCUT2D eigenvalue weighted by Crippen LogP contribution is 2.81. The van der Waals surface area contributed by atoms with Crippen molar-refractivity contribution in [3.63, 3.8) is 0 Å². The van der Waals surface area contributed by atoms with Crippen molar-refractivity contribution in [2.75, 3.05) is 25.5 Å². The van der Waals surface area contributed by atoms with E-state index in [4.69, 9.17) is 4.74 Å². The molecule has 178 valence electrons. The number of ether oxygens (including phenoxy) is 1. The number of nitrogens with one attached hydrogen (secondary N) is 1. The van der Waals surface area contributed by atoms with Crippen molar-refractivity contribution in [3.05, 3.63) is 48.5 Å². The molecule has 0 aromatic heterocycles. The molecule has 1 N–H and O–H groups in total. The summed E-state index contributed by atoms with van der Waals surface area (Å²) >= 11 is 0. The van der Waals surface area contributed by atoms with Crippen molar-refractivity contribution < 1.29 is 9.53 Å². The van der Waals surface area contributed by atoms with Crippen molar-refractivity contribution in [1.29, 1.82) is 0 Å². The molecule has 1 aliphatic heterocycles. The number of carbonyl (C=O) groups excluding carboxylic acids is 1. The molecule has 3 bridgehead atoms. The minimum Gasteiger partial charge on any atom is -0.490 e. The Morgan fingerprint density at radius 3 is 2.56 bits per heavy atom. The number of carbonyl (C=O) groups is 1. The summed E-state index contributed by atoms with van der Waals surface area (Å²) in [6.07, 6.45) is 10.1. The maximum atomic E-state index is 13.7. The fourth-order valence-electron chi connectivity index (χ4n) is 8.84. The van der Waals surface area contributed by atoms with Crippen LogP contribution in [0.5, 0.6) is 5.75 Å². The Bertz CT molecular complexity index is 1100. The van der Waals surface area contributed by atoms with E-state index in [2.05, 4.69) is 59.7 Å². The summed E-state index contributed by atoms with van der Waals surface area (Å²) < 4.78 is 6.22. The molecule has 1 saturated heterocycles. The number of piperidine rings is 1. The van der Waals surface area contributed by atoms with Crippen LogP contribution < -0.4 is 10.1 Å². The minimum atomic E-state index is -0.0868. The van der Waals surface area contributed by atoms with E-state index in [0.717, 1.165) is 79.1 Å². The second-order valence-corrected chi connectivity index (χ2v) is 12.1. The van der Waals surface area contributed by atoms with E-state index in [1.54, 1.807) is 0 Å². The molecule has 0 radical (unpaired) electrons. The van der Waals surface area contributed by atoms with Crippen LogP contribution in [0.25, 0.3) is 11.1 Å². The number of likely N-dealkylation sites (tertiary alicyclic amines) is 1. The van der Waals surface area contributed by atoms with E-state index in [0.29, 0.717) is 17.4 Å². The highest BCUT2D eigenvalue weighted by molar-refractivity contribution is 5.98. The molecule has 2 aromatic carbocycles. The summed E-state index contributed by atoms with van der Waals surface area (Å²) in [6.45, 7) is 2.21. The summed E-state index contributed by atoms with van der Waals surface area (Å²) in [5.74, 6) is 3.75. The van der Waals surface area contributed by atoms with Gasteiger partial charge in [0.05, 0.1) is 5.41 Å². The summed E-state index contributed by atoms with van der Waals surface area (Å²) in [5.41, 5.74) is 3.47. The van der Waals surface area contributed by atoms with Crippen LogP contribution in [0.1, 0.15) is 51.4 Å². The van der Waals surface area contributed by atoms with Crippen LogP contribution in [0.3, 0.4) is 0 Å². The average Bonchev–Trinajstić information content (AvgIpc) is 3.16. The monoisotopic (exact) mass is 456 g/mol. The lowest BCUT2D eigenvalue weighted by atomic mass is 9.46. The van der Waals surface area contributed by atoms with Crippen molar-refractivity contribution in [2.24, 2.45) is 28.6 Å². The number of hydrogen-bond acceptors (Lipinski definition) is 3. The second-order valence-electron chi connectivity index (χ2n) is 12.1.